The van der Waals surface area contributed by atoms with E-state index in [1.807, 2.05) is 18.5 Å². The topological polar surface area (TPSA) is 79.4 Å². The van der Waals surface area contributed by atoms with Crippen LogP contribution in [0.2, 0.25) is 0 Å². The summed E-state index contributed by atoms with van der Waals surface area (Å²) in [4.78, 5) is 23.5. The van der Waals surface area contributed by atoms with E-state index in [2.05, 4.69) is 20.9 Å². The van der Waals surface area contributed by atoms with Crippen LogP contribution in [-0.2, 0) is 16.0 Å². The van der Waals surface area contributed by atoms with Gasteiger partial charge in [-0.25, -0.2) is 19.3 Å². The standard InChI is InChI=1S/C26H25FN6O2S/c1-34-17-13-32(14-17)12-15-8-20-22-23(36-26(20)29-11-15)25(33-4-6-35-7-5-33)31-24(30-22)19-9-16(27)10-21-18(19)2-3-28-21/h2-3,8-11,17,28H,4-7,12-14H2,1H3. The van der Waals surface area contributed by atoms with Gasteiger partial charge in [0.25, 0.3) is 0 Å². The molecule has 8 nitrogen and oxygen atoms in total. The second kappa shape index (κ2) is 8.74. The number of benzene rings is 1. The number of H-pyrrole nitrogens is 1. The Morgan fingerprint density at radius 2 is 2.03 bits per heavy atom. The summed E-state index contributed by atoms with van der Waals surface area (Å²) >= 11 is 1.61. The van der Waals surface area contributed by atoms with E-state index in [1.165, 1.54) is 12.1 Å². The molecule has 0 spiro atoms. The zero-order valence-electron chi connectivity index (χ0n) is 19.8. The van der Waals surface area contributed by atoms with Gasteiger partial charge in [-0.05, 0) is 29.8 Å². The predicted molar refractivity (Wildman–Crippen MR) is 139 cm³/mol. The predicted octanol–water partition coefficient (Wildman–Crippen LogP) is 4.19. The Labute approximate surface area is 210 Å². The van der Waals surface area contributed by atoms with E-state index >= 15 is 0 Å². The lowest BCUT2D eigenvalue weighted by Crippen LogP contribution is -2.50. The highest BCUT2D eigenvalue weighted by molar-refractivity contribution is 7.25. The van der Waals surface area contributed by atoms with E-state index in [4.69, 9.17) is 24.4 Å². The fourth-order valence-electron chi connectivity index (χ4n) is 5.13. The van der Waals surface area contributed by atoms with Crippen LogP contribution in [-0.4, -0.2) is 77.4 Å². The van der Waals surface area contributed by atoms with Crippen LogP contribution in [0.5, 0.6) is 0 Å². The van der Waals surface area contributed by atoms with Crippen LogP contribution >= 0.6 is 11.3 Å². The van der Waals surface area contributed by atoms with Gasteiger partial charge in [0.2, 0.25) is 0 Å². The van der Waals surface area contributed by atoms with E-state index in [0.717, 1.165) is 75.4 Å². The summed E-state index contributed by atoms with van der Waals surface area (Å²) in [5.74, 6) is 1.06. The smallest absolute Gasteiger partial charge is 0.163 e. The molecule has 2 aliphatic heterocycles. The maximum Gasteiger partial charge on any atom is 0.163 e. The van der Waals surface area contributed by atoms with Crippen molar-refractivity contribution < 1.29 is 13.9 Å². The molecule has 0 saturated carbocycles. The molecule has 2 saturated heterocycles. The van der Waals surface area contributed by atoms with Crippen LogP contribution < -0.4 is 4.90 Å². The summed E-state index contributed by atoms with van der Waals surface area (Å²) < 4.78 is 26.6. The van der Waals surface area contributed by atoms with E-state index in [1.54, 1.807) is 18.4 Å². The average molecular weight is 505 g/mol. The Bertz CT molecular complexity index is 1590. The third-order valence-electron chi connectivity index (χ3n) is 7.06. The van der Waals surface area contributed by atoms with Crippen LogP contribution in [0.3, 0.4) is 0 Å². The van der Waals surface area contributed by atoms with Crippen molar-refractivity contribution in [2.75, 3.05) is 51.4 Å². The molecule has 4 aromatic heterocycles. The highest BCUT2D eigenvalue weighted by Gasteiger charge is 2.27. The van der Waals surface area contributed by atoms with Crippen LogP contribution in [0.25, 0.3) is 42.7 Å². The number of thiophene rings is 1. The Morgan fingerprint density at radius 3 is 2.86 bits per heavy atom. The average Bonchev–Trinajstić information content (AvgIpc) is 3.49. The largest absolute Gasteiger partial charge is 0.379 e. The Balaban J connectivity index is 1.40. The minimum atomic E-state index is -0.320. The maximum absolute atomic E-state index is 14.6. The van der Waals surface area contributed by atoms with Crippen molar-refractivity contribution in [2.45, 2.75) is 12.6 Å². The molecule has 0 radical (unpaired) electrons. The van der Waals surface area contributed by atoms with Gasteiger partial charge in [-0.15, -0.1) is 11.3 Å². The quantitative estimate of drug-likeness (QED) is 0.384. The molecule has 0 bridgehead atoms. The van der Waals surface area contributed by atoms with Crippen LogP contribution in [0.15, 0.2) is 36.7 Å². The number of methoxy groups -OCH3 is 1. The third kappa shape index (κ3) is 3.72. The number of aromatic amines is 1. The Hall–Kier alpha value is -3.18. The highest BCUT2D eigenvalue weighted by atomic mass is 32.1. The van der Waals surface area contributed by atoms with Gasteiger partial charge < -0.3 is 19.4 Å². The van der Waals surface area contributed by atoms with Gasteiger partial charge in [0.05, 0.1) is 29.5 Å². The van der Waals surface area contributed by atoms with Crippen LogP contribution in [0.1, 0.15) is 5.56 Å². The molecular weight excluding hydrogens is 479 g/mol. The number of pyridine rings is 1. The fourth-order valence-corrected chi connectivity index (χ4v) is 6.21. The lowest BCUT2D eigenvalue weighted by Gasteiger charge is -2.38. The van der Waals surface area contributed by atoms with Crippen molar-refractivity contribution in [1.82, 2.24) is 24.8 Å². The highest BCUT2D eigenvalue weighted by Crippen LogP contribution is 2.40. The Kier molecular flexibility index (Phi) is 5.35. The normalized spacial score (nSPS) is 17.4. The molecule has 2 aliphatic rings. The third-order valence-corrected chi connectivity index (χ3v) is 8.16. The summed E-state index contributed by atoms with van der Waals surface area (Å²) in [6, 6.07) is 7.16. The van der Waals surface area contributed by atoms with Crippen molar-refractivity contribution in [2.24, 2.45) is 0 Å². The van der Waals surface area contributed by atoms with Gasteiger partial charge in [0.15, 0.2) is 11.6 Å². The molecule has 0 atom stereocenters. The second-order valence-corrected chi connectivity index (χ2v) is 10.4. The molecule has 2 fully saturated rings. The van der Waals surface area contributed by atoms with Crippen LogP contribution in [0.4, 0.5) is 10.2 Å². The molecule has 10 heteroatoms. The summed E-state index contributed by atoms with van der Waals surface area (Å²) in [6.07, 6.45) is 4.08. The van der Waals surface area contributed by atoms with E-state index in [9.17, 15) is 4.39 Å². The van der Waals surface area contributed by atoms with Gasteiger partial charge in [0.1, 0.15) is 10.6 Å². The van der Waals surface area contributed by atoms with E-state index in [0.29, 0.717) is 30.7 Å². The SMILES string of the molecule is COC1CN(Cc2cnc3sc4c(N5CCOCC5)nc(-c5cc(F)cc6[nH]ccc56)nc4c3c2)C1. The number of morpholine rings is 1. The van der Waals surface area contributed by atoms with E-state index < -0.39 is 0 Å². The van der Waals surface area contributed by atoms with Gasteiger partial charge in [-0.2, -0.15) is 0 Å². The maximum atomic E-state index is 14.6. The molecule has 0 aliphatic carbocycles. The minimum Gasteiger partial charge on any atom is -0.379 e. The number of likely N-dealkylation sites (tertiary alicyclic amines) is 1. The lowest BCUT2D eigenvalue weighted by molar-refractivity contribution is -0.0334. The summed E-state index contributed by atoms with van der Waals surface area (Å²) in [7, 11) is 1.76. The first kappa shape index (κ1) is 22.1. The molecule has 1 aromatic carbocycles. The van der Waals surface area contributed by atoms with Crippen molar-refractivity contribution >= 4 is 48.5 Å². The van der Waals surface area contributed by atoms with Gasteiger partial charge in [0, 0.05) is 74.1 Å². The van der Waals surface area contributed by atoms with Crippen molar-refractivity contribution in [3.63, 3.8) is 0 Å². The summed E-state index contributed by atoms with van der Waals surface area (Å²) in [5, 5.41) is 1.91. The summed E-state index contributed by atoms with van der Waals surface area (Å²) in [5.41, 5.74) is 3.41. The first-order valence-electron chi connectivity index (χ1n) is 12.1. The molecule has 36 heavy (non-hydrogen) atoms. The van der Waals surface area contributed by atoms with Gasteiger partial charge >= 0.3 is 0 Å². The number of hydrogen-bond donors (Lipinski definition) is 1. The number of fused-ring (bicyclic) bond motifs is 4. The molecule has 5 aromatic rings. The Morgan fingerprint density at radius 1 is 1.17 bits per heavy atom. The molecule has 0 unspecified atom stereocenters. The number of ether oxygens (including phenoxy) is 2. The zero-order chi connectivity index (χ0) is 24.2. The monoisotopic (exact) mass is 504 g/mol. The van der Waals surface area contributed by atoms with Gasteiger partial charge in [-0.3, -0.25) is 4.90 Å². The number of anilines is 1. The van der Waals surface area contributed by atoms with Gasteiger partial charge in [-0.1, -0.05) is 0 Å². The zero-order valence-corrected chi connectivity index (χ0v) is 20.6. The first-order valence-corrected chi connectivity index (χ1v) is 12.9. The minimum absolute atomic E-state index is 0.312. The first-order chi connectivity index (χ1) is 17.7. The van der Waals surface area contributed by atoms with Crippen molar-refractivity contribution in [3.05, 3.63) is 48.0 Å². The molecule has 1 N–H and O–H groups in total. The molecule has 184 valence electrons. The number of halogens is 1. The number of aromatic nitrogens is 4. The molecule has 0 amide bonds. The number of nitrogens with one attached hydrogen (secondary N) is 1. The van der Waals surface area contributed by atoms with Crippen molar-refractivity contribution in [1.29, 1.82) is 0 Å². The fraction of sp³-hybridized carbons (Fsp3) is 0.346. The second-order valence-electron chi connectivity index (χ2n) is 9.39. The lowest BCUT2D eigenvalue weighted by atomic mass is 10.1. The van der Waals surface area contributed by atoms with E-state index in [-0.39, 0.29) is 5.82 Å². The molecule has 7 rings (SSSR count). The summed E-state index contributed by atoms with van der Waals surface area (Å²) in [6.45, 7) is 5.47. The number of rotatable bonds is 5. The number of hydrogen-bond acceptors (Lipinski definition) is 8. The molecule has 6 heterocycles. The van der Waals surface area contributed by atoms with Crippen LogP contribution in [0, 0.1) is 5.82 Å². The number of nitrogens with zero attached hydrogens (tertiary/aromatic N) is 5. The van der Waals surface area contributed by atoms with Crippen molar-refractivity contribution in [3.8, 4) is 11.4 Å². The molecular formula is C26H25FN6O2S.